The monoisotopic (exact) mass is 844 g/mol. The second kappa shape index (κ2) is 15.8. The molecule has 12 rings (SSSR count). The van der Waals surface area contributed by atoms with Crippen LogP contribution in [0, 0.1) is 27.7 Å². The van der Waals surface area contributed by atoms with E-state index in [1.165, 1.54) is 110 Å². The number of anilines is 6. The highest BCUT2D eigenvalue weighted by molar-refractivity contribution is 6.28. The van der Waals surface area contributed by atoms with Gasteiger partial charge in [0, 0.05) is 33.5 Å². The first-order valence-electron chi connectivity index (χ1n) is 23.0. The van der Waals surface area contributed by atoms with Crippen LogP contribution in [0.1, 0.15) is 22.3 Å². The minimum atomic E-state index is 1.16. The largest absolute Gasteiger partial charge is 0.309 e. The summed E-state index contributed by atoms with van der Waals surface area (Å²) in [6, 6.07) is 80.9. The number of benzene rings is 12. The molecule has 66 heavy (non-hydrogen) atoms. The van der Waals surface area contributed by atoms with E-state index in [1.807, 2.05) is 0 Å². The van der Waals surface area contributed by atoms with Crippen LogP contribution in [0.15, 0.2) is 218 Å². The van der Waals surface area contributed by atoms with Gasteiger partial charge in [0.25, 0.3) is 0 Å². The van der Waals surface area contributed by atoms with E-state index in [-0.39, 0.29) is 0 Å². The molecule has 0 amide bonds. The van der Waals surface area contributed by atoms with Crippen molar-refractivity contribution in [1.29, 1.82) is 0 Å². The Bertz CT molecular complexity index is 3560. The molecule has 0 fully saturated rings. The minimum Gasteiger partial charge on any atom is -0.309 e. The van der Waals surface area contributed by atoms with Gasteiger partial charge in [0.1, 0.15) is 0 Å². The molecule has 0 radical (unpaired) electrons. The van der Waals surface area contributed by atoms with Crippen molar-refractivity contribution in [1.82, 2.24) is 0 Å². The molecule has 0 unspecified atom stereocenters. The second-order valence-corrected chi connectivity index (χ2v) is 18.0. The molecule has 0 saturated heterocycles. The Morgan fingerprint density at radius 2 is 0.576 bits per heavy atom. The Labute approximate surface area is 386 Å². The van der Waals surface area contributed by atoms with Crippen LogP contribution in [0.4, 0.5) is 34.1 Å². The standard InChI is InChI=1S/C64H48N2/c1-41-23-25-53(45-15-7-5-8-16-45)39-59(41)65(61-37-51-21-13-11-19-49(51)35-43(61)3)57-33-29-47-28-32-56-58(34-30-48-27-31-55(57)63(47)64(48)56)66(62-38-52-22-14-12-20-50(52)36-44(62)4)60-40-54(26-24-42(60)2)46-17-9-6-10-18-46/h5-40H,1-4H3. The highest BCUT2D eigenvalue weighted by Gasteiger charge is 2.25. The number of fused-ring (bicyclic) bond motifs is 2. The first kappa shape index (κ1) is 39.4. The van der Waals surface area contributed by atoms with Crippen LogP contribution in [0.25, 0.3) is 76.1 Å². The Hall–Kier alpha value is -8.20. The smallest absolute Gasteiger partial charge is 0.0540 e. The molecule has 0 aliphatic rings. The van der Waals surface area contributed by atoms with Gasteiger partial charge in [-0.05, 0) is 164 Å². The van der Waals surface area contributed by atoms with Crippen molar-refractivity contribution in [3.05, 3.63) is 241 Å². The predicted molar refractivity (Wildman–Crippen MR) is 284 cm³/mol. The number of rotatable bonds is 8. The minimum absolute atomic E-state index is 1.16. The third-order valence-corrected chi connectivity index (χ3v) is 13.8. The maximum absolute atomic E-state index is 2.53. The topological polar surface area (TPSA) is 6.48 Å². The van der Waals surface area contributed by atoms with Crippen LogP contribution in [-0.4, -0.2) is 0 Å². The van der Waals surface area contributed by atoms with Crippen molar-refractivity contribution >= 4 is 88.0 Å². The molecule has 0 saturated carbocycles. The number of nitrogens with zero attached hydrogens (tertiary/aromatic N) is 2. The van der Waals surface area contributed by atoms with Gasteiger partial charge in [-0.15, -0.1) is 0 Å². The summed E-state index contributed by atoms with van der Waals surface area (Å²) < 4.78 is 0. The van der Waals surface area contributed by atoms with Crippen LogP contribution in [0.3, 0.4) is 0 Å². The fraction of sp³-hybridized carbons (Fsp3) is 0.0625. The molecular formula is C64H48N2. The van der Waals surface area contributed by atoms with Crippen molar-refractivity contribution < 1.29 is 0 Å². The molecule has 0 aromatic heterocycles. The third-order valence-electron chi connectivity index (χ3n) is 13.8. The van der Waals surface area contributed by atoms with E-state index < -0.39 is 0 Å². The Balaban J connectivity index is 1.13. The van der Waals surface area contributed by atoms with Crippen molar-refractivity contribution in [3.8, 4) is 22.3 Å². The van der Waals surface area contributed by atoms with Crippen LogP contribution in [0.5, 0.6) is 0 Å². The van der Waals surface area contributed by atoms with Crippen LogP contribution >= 0.6 is 0 Å². The van der Waals surface area contributed by atoms with Gasteiger partial charge in [-0.25, -0.2) is 0 Å². The zero-order chi connectivity index (χ0) is 44.5. The molecule has 0 aliphatic heterocycles. The molecule has 0 heterocycles. The SMILES string of the molecule is Cc1ccc(-c2ccccc2)cc1N(c1cc2ccccc2cc1C)c1ccc2ccc3c(N(c4cc(-c5ccccc5)ccc4C)c4cc5ccccc5cc4C)ccc4ccc1c2c43. The first-order valence-corrected chi connectivity index (χ1v) is 23.0. The average Bonchev–Trinajstić information content (AvgIpc) is 3.35. The molecule has 314 valence electrons. The summed E-state index contributed by atoms with van der Waals surface area (Å²) in [7, 11) is 0. The van der Waals surface area contributed by atoms with Crippen molar-refractivity contribution in [2.45, 2.75) is 27.7 Å². The first-order chi connectivity index (χ1) is 32.4. The zero-order valence-electron chi connectivity index (χ0n) is 37.7. The molecule has 0 spiro atoms. The van der Waals surface area contributed by atoms with Crippen molar-refractivity contribution in [2.75, 3.05) is 9.80 Å². The maximum atomic E-state index is 2.53. The molecule has 12 aromatic carbocycles. The van der Waals surface area contributed by atoms with Gasteiger partial charge in [0.05, 0.1) is 11.4 Å². The van der Waals surface area contributed by atoms with E-state index in [1.54, 1.807) is 0 Å². The summed E-state index contributed by atoms with van der Waals surface area (Å²) >= 11 is 0. The van der Waals surface area contributed by atoms with Crippen molar-refractivity contribution in [3.63, 3.8) is 0 Å². The van der Waals surface area contributed by atoms with Gasteiger partial charge in [-0.2, -0.15) is 0 Å². The summed E-state index contributed by atoms with van der Waals surface area (Å²) in [5.74, 6) is 0. The quantitative estimate of drug-likeness (QED) is 0.141. The van der Waals surface area contributed by atoms with E-state index in [4.69, 9.17) is 0 Å². The van der Waals surface area contributed by atoms with Gasteiger partial charge in [-0.3, -0.25) is 0 Å². The lowest BCUT2D eigenvalue weighted by atomic mass is 9.91. The van der Waals surface area contributed by atoms with Crippen LogP contribution in [-0.2, 0) is 0 Å². The van der Waals surface area contributed by atoms with Gasteiger partial charge in [-0.1, -0.05) is 170 Å². The molecule has 0 N–H and O–H groups in total. The van der Waals surface area contributed by atoms with E-state index in [0.717, 1.165) is 22.7 Å². The lowest BCUT2D eigenvalue weighted by Gasteiger charge is -2.32. The Morgan fingerprint density at radius 1 is 0.227 bits per heavy atom. The normalized spacial score (nSPS) is 11.6. The summed E-state index contributed by atoms with van der Waals surface area (Å²) in [5, 5.41) is 12.4. The summed E-state index contributed by atoms with van der Waals surface area (Å²) in [5.41, 5.74) is 16.6. The fourth-order valence-corrected chi connectivity index (χ4v) is 10.4. The third kappa shape index (κ3) is 6.56. The van der Waals surface area contributed by atoms with E-state index >= 15 is 0 Å². The highest BCUT2D eigenvalue weighted by atomic mass is 15.2. The second-order valence-electron chi connectivity index (χ2n) is 18.0. The van der Waals surface area contributed by atoms with E-state index in [0.29, 0.717) is 0 Å². The Morgan fingerprint density at radius 3 is 0.985 bits per heavy atom. The fourth-order valence-electron chi connectivity index (χ4n) is 10.4. The lowest BCUT2D eigenvalue weighted by molar-refractivity contribution is 1.24. The van der Waals surface area contributed by atoms with Crippen LogP contribution in [0.2, 0.25) is 0 Å². The number of aryl methyl sites for hydroxylation is 4. The molecule has 0 bridgehead atoms. The van der Waals surface area contributed by atoms with Gasteiger partial charge >= 0.3 is 0 Å². The van der Waals surface area contributed by atoms with Crippen LogP contribution < -0.4 is 9.80 Å². The van der Waals surface area contributed by atoms with Crippen molar-refractivity contribution in [2.24, 2.45) is 0 Å². The summed E-state index contributed by atoms with van der Waals surface area (Å²) in [4.78, 5) is 5.05. The number of hydrogen-bond donors (Lipinski definition) is 0. The highest BCUT2D eigenvalue weighted by Crippen LogP contribution is 2.50. The van der Waals surface area contributed by atoms with Gasteiger partial charge in [0.2, 0.25) is 0 Å². The molecule has 0 atom stereocenters. The van der Waals surface area contributed by atoms with E-state index in [9.17, 15) is 0 Å². The molecule has 2 nitrogen and oxygen atoms in total. The lowest BCUT2D eigenvalue weighted by Crippen LogP contribution is -2.14. The summed E-state index contributed by atoms with van der Waals surface area (Å²) in [6.07, 6.45) is 0. The molecular weight excluding hydrogens is 797 g/mol. The van der Waals surface area contributed by atoms with Gasteiger partial charge < -0.3 is 9.80 Å². The maximum Gasteiger partial charge on any atom is 0.0540 e. The predicted octanol–water partition coefficient (Wildman–Crippen LogP) is 18.4. The summed E-state index contributed by atoms with van der Waals surface area (Å²) in [6.45, 7) is 9.00. The molecule has 0 aliphatic carbocycles. The van der Waals surface area contributed by atoms with Gasteiger partial charge in [0.15, 0.2) is 0 Å². The molecule has 2 heteroatoms. The Kier molecular flexibility index (Phi) is 9.43. The zero-order valence-corrected chi connectivity index (χ0v) is 37.7. The molecule has 12 aromatic rings. The number of hydrogen-bond acceptors (Lipinski definition) is 2. The van der Waals surface area contributed by atoms with E-state index in [2.05, 4.69) is 256 Å². The average molecular weight is 845 g/mol.